The molecule has 0 aliphatic carbocycles. The number of hydrogen-bond donors (Lipinski definition) is 1. The molecule has 1 aliphatic heterocycles. The molecule has 3 nitrogen and oxygen atoms in total. The van der Waals surface area contributed by atoms with Crippen LogP contribution in [-0.2, 0) is 0 Å². The Balaban J connectivity index is 2.32. The van der Waals surface area contributed by atoms with Crippen LogP contribution in [0, 0.1) is 12.7 Å². The topological polar surface area (TPSA) is 32.5 Å². The van der Waals surface area contributed by atoms with Gasteiger partial charge in [0.05, 0.1) is 11.4 Å². The van der Waals surface area contributed by atoms with E-state index < -0.39 is 0 Å². The molecule has 1 aromatic rings. The van der Waals surface area contributed by atoms with Crippen molar-refractivity contribution in [2.75, 3.05) is 37.3 Å². The Hall–Kier alpha value is -1.29. The lowest BCUT2D eigenvalue weighted by Crippen LogP contribution is -2.38. The molecule has 1 unspecified atom stereocenters. The summed E-state index contributed by atoms with van der Waals surface area (Å²) in [4.78, 5) is 4.63. The number of benzene rings is 1. The lowest BCUT2D eigenvalue weighted by Gasteiger charge is -2.31. The number of likely N-dealkylation sites (N-methyl/N-ethyl adjacent to an activating group) is 1. The number of nitrogens with two attached hydrogens (primary N) is 1. The molecule has 2 rings (SSSR count). The van der Waals surface area contributed by atoms with Gasteiger partial charge >= 0.3 is 0 Å². The molecular weight excluding hydrogens is 229 g/mol. The zero-order valence-corrected chi connectivity index (χ0v) is 11.4. The van der Waals surface area contributed by atoms with Crippen LogP contribution in [0.4, 0.5) is 15.8 Å². The van der Waals surface area contributed by atoms with Crippen molar-refractivity contribution in [3.63, 3.8) is 0 Å². The maximum Gasteiger partial charge on any atom is 0.128 e. The molecule has 18 heavy (non-hydrogen) atoms. The van der Waals surface area contributed by atoms with Crippen LogP contribution in [0.2, 0.25) is 0 Å². The van der Waals surface area contributed by atoms with Crippen LogP contribution in [0.1, 0.15) is 18.9 Å². The van der Waals surface area contributed by atoms with Crippen LogP contribution in [-0.4, -0.2) is 37.6 Å². The molecule has 2 N–H and O–H groups in total. The number of hydrogen-bond acceptors (Lipinski definition) is 3. The summed E-state index contributed by atoms with van der Waals surface area (Å²) in [5.41, 5.74) is 8.14. The number of rotatable bonds is 1. The third-order valence-electron chi connectivity index (χ3n) is 3.66. The third kappa shape index (κ3) is 2.58. The van der Waals surface area contributed by atoms with E-state index in [9.17, 15) is 4.39 Å². The first kappa shape index (κ1) is 13.1. The van der Waals surface area contributed by atoms with Crippen molar-refractivity contribution < 1.29 is 4.39 Å². The van der Waals surface area contributed by atoms with Gasteiger partial charge in [0.25, 0.3) is 0 Å². The van der Waals surface area contributed by atoms with E-state index in [1.807, 2.05) is 6.07 Å². The van der Waals surface area contributed by atoms with Crippen LogP contribution >= 0.6 is 0 Å². The van der Waals surface area contributed by atoms with Gasteiger partial charge in [0.2, 0.25) is 0 Å². The highest BCUT2D eigenvalue weighted by molar-refractivity contribution is 5.69. The lowest BCUT2D eigenvalue weighted by molar-refractivity contribution is 0.337. The Kier molecular flexibility index (Phi) is 3.76. The van der Waals surface area contributed by atoms with Crippen molar-refractivity contribution in [3.8, 4) is 0 Å². The molecule has 1 heterocycles. The minimum atomic E-state index is -0.226. The molecule has 0 aromatic heterocycles. The van der Waals surface area contributed by atoms with Gasteiger partial charge in [-0.25, -0.2) is 4.39 Å². The van der Waals surface area contributed by atoms with Crippen molar-refractivity contribution in [2.24, 2.45) is 0 Å². The molecule has 100 valence electrons. The fraction of sp³-hybridized carbons (Fsp3) is 0.571. The molecule has 0 spiro atoms. The quantitative estimate of drug-likeness (QED) is 0.777. The summed E-state index contributed by atoms with van der Waals surface area (Å²) in [6, 6.07) is 3.70. The first-order chi connectivity index (χ1) is 8.49. The predicted octanol–water partition coefficient (Wildman–Crippen LogP) is 2.25. The van der Waals surface area contributed by atoms with E-state index in [-0.39, 0.29) is 5.82 Å². The predicted molar refractivity (Wildman–Crippen MR) is 74.5 cm³/mol. The molecule has 1 atom stereocenters. The SMILES string of the molecule is Cc1cc(N2CCCN(C)CC2C)c(N)cc1F. The van der Waals surface area contributed by atoms with Crippen LogP contribution < -0.4 is 10.6 Å². The van der Waals surface area contributed by atoms with Gasteiger partial charge in [-0.3, -0.25) is 0 Å². The second-order valence-electron chi connectivity index (χ2n) is 5.32. The Bertz CT molecular complexity index is 433. The van der Waals surface area contributed by atoms with Gasteiger partial charge in [-0.15, -0.1) is 0 Å². The van der Waals surface area contributed by atoms with Crippen molar-refractivity contribution in [2.45, 2.75) is 26.3 Å². The van der Waals surface area contributed by atoms with E-state index in [0.717, 1.165) is 31.7 Å². The second kappa shape index (κ2) is 5.14. The van der Waals surface area contributed by atoms with E-state index in [4.69, 9.17) is 5.73 Å². The molecule has 1 aromatic carbocycles. The van der Waals surface area contributed by atoms with Crippen molar-refractivity contribution in [1.82, 2.24) is 4.90 Å². The summed E-state index contributed by atoms with van der Waals surface area (Å²) in [6.45, 7) is 7.06. The van der Waals surface area contributed by atoms with Gasteiger partial charge in [-0.2, -0.15) is 0 Å². The largest absolute Gasteiger partial charge is 0.397 e. The van der Waals surface area contributed by atoms with Crippen LogP contribution in [0.25, 0.3) is 0 Å². The summed E-state index contributed by atoms with van der Waals surface area (Å²) in [7, 11) is 2.14. The van der Waals surface area contributed by atoms with Gasteiger partial charge in [0.15, 0.2) is 0 Å². The first-order valence-corrected chi connectivity index (χ1v) is 6.50. The average Bonchev–Trinajstić information content (AvgIpc) is 2.45. The fourth-order valence-electron chi connectivity index (χ4n) is 2.66. The molecule has 0 amide bonds. The second-order valence-corrected chi connectivity index (χ2v) is 5.32. The van der Waals surface area contributed by atoms with Crippen LogP contribution in [0.15, 0.2) is 12.1 Å². The smallest absolute Gasteiger partial charge is 0.128 e. The summed E-state index contributed by atoms with van der Waals surface area (Å²) in [5.74, 6) is -0.226. The number of anilines is 2. The van der Waals surface area contributed by atoms with E-state index in [1.54, 1.807) is 6.92 Å². The summed E-state index contributed by atoms with van der Waals surface area (Å²) in [6.07, 6.45) is 1.11. The maximum atomic E-state index is 13.5. The fourth-order valence-corrected chi connectivity index (χ4v) is 2.66. The zero-order chi connectivity index (χ0) is 13.3. The zero-order valence-electron chi connectivity index (χ0n) is 11.4. The van der Waals surface area contributed by atoms with Crippen molar-refractivity contribution in [3.05, 3.63) is 23.5 Å². The number of nitrogens with zero attached hydrogens (tertiary/aromatic N) is 2. The van der Waals surface area contributed by atoms with Gasteiger partial charge in [-0.1, -0.05) is 0 Å². The summed E-state index contributed by atoms with van der Waals surface area (Å²) < 4.78 is 13.5. The minimum absolute atomic E-state index is 0.226. The molecule has 1 fully saturated rings. The van der Waals surface area contributed by atoms with E-state index in [2.05, 4.69) is 23.8 Å². The molecule has 1 aliphatic rings. The van der Waals surface area contributed by atoms with Crippen molar-refractivity contribution in [1.29, 1.82) is 0 Å². The first-order valence-electron chi connectivity index (χ1n) is 6.50. The summed E-state index contributed by atoms with van der Waals surface area (Å²) in [5, 5.41) is 0. The Morgan fingerprint density at radius 2 is 2.06 bits per heavy atom. The molecule has 4 heteroatoms. The Morgan fingerprint density at radius 3 is 2.78 bits per heavy atom. The van der Waals surface area contributed by atoms with Gasteiger partial charge in [-0.05, 0) is 51.6 Å². The Labute approximate surface area is 108 Å². The Morgan fingerprint density at radius 1 is 1.33 bits per heavy atom. The van der Waals surface area contributed by atoms with Crippen LogP contribution in [0.3, 0.4) is 0 Å². The molecule has 1 saturated heterocycles. The van der Waals surface area contributed by atoms with Gasteiger partial charge in [0.1, 0.15) is 5.82 Å². The lowest BCUT2D eigenvalue weighted by atomic mass is 10.1. The maximum absolute atomic E-state index is 13.5. The van der Waals surface area contributed by atoms with E-state index in [1.165, 1.54) is 6.07 Å². The molecule has 0 bridgehead atoms. The normalized spacial score (nSPS) is 22.0. The van der Waals surface area contributed by atoms with Crippen LogP contribution in [0.5, 0.6) is 0 Å². The van der Waals surface area contributed by atoms with E-state index in [0.29, 0.717) is 17.3 Å². The van der Waals surface area contributed by atoms with Gasteiger partial charge in [0, 0.05) is 19.1 Å². The highest BCUT2D eigenvalue weighted by Gasteiger charge is 2.22. The number of halogens is 1. The minimum Gasteiger partial charge on any atom is -0.397 e. The number of nitrogen functional groups attached to an aromatic ring is 1. The molecule has 0 radical (unpaired) electrons. The third-order valence-corrected chi connectivity index (χ3v) is 3.66. The van der Waals surface area contributed by atoms with E-state index >= 15 is 0 Å². The molecular formula is C14H22FN3. The number of aryl methyl sites for hydroxylation is 1. The van der Waals surface area contributed by atoms with Gasteiger partial charge < -0.3 is 15.5 Å². The highest BCUT2D eigenvalue weighted by atomic mass is 19.1. The van der Waals surface area contributed by atoms with Crippen molar-refractivity contribution >= 4 is 11.4 Å². The average molecular weight is 251 g/mol. The standard InChI is InChI=1S/C14H22FN3/c1-10-7-14(13(16)8-12(10)15)18-6-4-5-17(3)9-11(18)2/h7-8,11H,4-6,9,16H2,1-3H3. The highest BCUT2D eigenvalue weighted by Crippen LogP contribution is 2.29. The molecule has 0 saturated carbocycles. The summed E-state index contributed by atoms with van der Waals surface area (Å²) >= 11 is 0. The monoisotopic (exact) mass is 251 g/mol.